The number of benzene rings is 2. The monoisotopic (exact) mass is 292 g/mol. The molecule has 4 heteroatoms. The molecule has 2 aromatic carbocycles. The first-order valence-corrected chi connectivity index (χ1v) is 6.99. The zero-order chi connectivity index (χ0) is 15.5. The summed E-state index contributed by atoms with van der Waals surface area (Å²) in [5, 5.41) is 3.98. The second-order valence-electron chi connectivity index (χ2n) is 5.22. The van der Waals surface area contributed by atoms with E-state index in [-0.39, 0.29) is 0 Å². The lowest BCUT2D eigenvalue weighted by Gasteiger charge is -2.13. The second kappa shape index (κ2) is 5.85. The van der Waals surface area contributed by atoms with Crippen molar-refractivity contribution in [3.63, 3.8) is 0 Å². The Hall–Kier alpha value is -2.88. The van der Waals surface area contributed by atoms with E-state index in [9.17, 15) is 4.79 Å². The van der Waals surface area contributed by atoms with E-state index in [0.29, 0.717) is 5.69 Å². The smallest absolute Gasteiger partial charge is 0.359 e. The first-order valence-electron chi connectivity index (χ1n) is 6.99. The first-order chi connectivity index (χ1) is 10.6. The van der Waals surface area contributed by atoms with Gasteiger partial charge in [-0.3, -0.25) is 0 Å². The average Bonchev–Trinajstić information content (AvgIpc) is 2.55. The van der Waals surface area contributed by atoms with Gasteiger partial charge in [0.15, 0.2) is 0 Å². The molecule has 0 N–H and O–H groups in total. The Morgan fingerprint density at radius 2 is 1.59 bits per heavy atom. The molecular weight excluding hydrogens is 276 g/mol. The maximum Gasteiger partial charge on any atom is 0.359 e. The topological polar surface area (TPSA) is 46.3 Å². The highest BCUT2D eigenvalue weighted by Crippen LogP contribution is 2.30. The Balaban J connectivity index is 2.14. The van der Waals surface area contributed by atoms with Crippen molar-refractivity contribution in [2.45, 2.75) is 0 Å². The molecule has 0 aliphatic carbocycles. The maximum absolute atomic E-state index is 11.6. The van der Waals surface area contributed by atoms with Crippen LogP contribution in [0.4, 0.5) is 5.69 Å². The van der Waals surface area contributed by atoms with Gasteiger partial charge in [0.05, 0.1) is 0 Å². The molecule has 0 saturated heterocycles. The SMILES string of the molecule is CN(C)c1ccc(-c2cc(=O)onc2-c2ccccc2)cc1. The van der Waals surface area contributed by atoms with Crippen LogP contribution in [0.25, 0.3) is 22.4 Å². The van der Waals surface area contributed by atoms with Crippen LogP contribution in [0, 0.1) is 0 Å². The fourth-order valence-corrected chi connectivity index (χ4v) is 2.32. The zero-order valence-electron chi connectivity index (χ0n) is 12.5. The van der Waals surface area contributed by atoms with Gasteiger partial charge in [-0.2, -0.15) is 0 Å². The summed E-state index contributed by atoms with van der Waals surface area (Å²) < 4.78 is 4.82. The Kier molecular flexibility index (Phi) is 3.74. The number of rotatable bonds is 3. The van der Waals surface area contributed by atoms with Crippen LogP contribution in [0.5, 0.6) is 0 Å². The highest BCUT2D eigenvalue weighted by atomic mass is 16.5. The van der Waals surface area contributed by atoms with Crippen LogP contribution >= 0.6 is 0 Å². The van der Waals surface area contributed by atoms with Crippen LogP contribution in [-0.2, 0) is 0 Å². The van der Waals surface area contributed by atoms with E-state index in [0.717, 1.165) is 22.4 Å². The molecule has 1 heterocycles. The highest BCUT2D eigenvalue weighted by molar-refractivity contribution is 5.80. The molecule has 3 aromatic rings. The minimum absolute atomic E-state index is 0.452. The third kappa shape index (κ3) is 2.76. The van der Waals surface area contributed by atoms with E-state index in [1.807, 2.05) is 73.6 Å². The van der Waals surface area contributed by atoms with Gasteiger partial charge in [0.2, 0.25) is 0 Å². The van der Waals surface area contributed by atoms with Crippen LogP contribution in [0.3, 0.4) is 0 Å². The van der Waals surface area contributed by atoms with Gasteiger partial charge in [-0.05, 0) is 17.7 Å². The molecule has 0 amide bonds. The molecule has 0 aliphatic heterocycles. The van der Waals surface area contributed by atoms with Gasteiger partial charge < -0.3 is 9.42 Å². The van der Waals surface area contributed by atoms with Crippen LogP contribution in [-0.4, -0.2) is 19.3 Å². The van der Waals surface area contributed by atoms with E-state index in [2.05, 4.69) is 5.16 Å². The van der Waals surface area contributed by atoms with E-state index in [4.69, 9.17) is 4.52 Å². The van der Waals surface area contributed by atoms with Crippen molar-refractivity contribution >= 4 is 5.69 Å². The van der Waals surface area contributed by atoms with Crippen molar-refractivity contribution in [2.24, 2.45) is 0 Å². The lowest BCUT2D eigenvalue weighted by Crippen LogP contribution is -2.08. The molecule has 3 rings (SSSR count). The van der Waals surface area contributed by atoms with Gasteiger partial charge in [-0.25, -0.2) is 4.79 Å². The predicted octanol–water partition coefficient (Wildman–Crippen LogP) is 3.43. The number of hydrogen-bond donors (Lipinski definition) is 0. The van der Waals surface area contributed by atoms with Gasteiger partial charge in [0, 0.05) is 37.0 Å². The van der Waals surface area contributed by atoms with Gasteiger partial charge in [0.25, 0.3) is 0 Å². The van der Waals surface area contributed by atoms with E-state index in [1.54, 1.807) is 0 Å². The average molecular weight is 292 g/mol. The molecule has 0 atom stereocenters. The maximum atomic E-state index is 11.6. The number of aromatic nitrogens is 1. The summed E-state index contributed by atoms with van der Waals surface area (Å²) in [6.45, 7) is 0. The van der Waals surface area contributed by atoms with Crippen molar-refractivity contribution in [1.29, 1.82) is 0 Å². The third-order valence-electron chi connectivity index (χ3n) is 3.49. The normalized spacial score (nSPS) is 10.5. The lowest BCUT2D eigenvalue weighted by atomic mass is 10.00. The Morgan fingerprint density at radius 1 is 0.909 bits per heavy atom. The van der Waals surface area contributed by atoms with Crippen LogP contribution in [0.2, 0.25) is 0 Å². The number of anilines is 1. The molecule has 0 unspecified atom stereocenters. The standard InChI is InChI=1S/C18H16N2O2/c1-20(2)15-10-8-13(9-11-15)16-12-17(21)22-19-18(16)14-6-4-3-5-7-14/h3-12H,1-2H3. The second-order valence-corrected chi connectivity index (χ2v) is 5.22. The van der Waals surface area contributed by atoms with Crippen LogP contribution in [0.15, 0.2) is 70.0 Å². The van der Waals surface area contributed by atoms with Gasteiger partial charge in [-0.15, -0.1) is 0 Å². The summed E-state index contributed by atoms with van der Waals surface area (Å²) in [7, 11) is 3.98. The summed E-state index contributed by atoms with van der Waals surface area (Å²) in [6, 6.07) is 19.2. The Bertz CT molecular complexity index is 822. The zero-order valence-corrected chi connectivity index (χ0v) is 12.5. The molecule has 0 saturated carbocycles. The minimum Gasteiger partial charge on any atom is -0.378 e. The first kappa shape index (κ1) is 14.1. The number of hydrogen-bond acceptors (Lipinski definition) is 4. The van der Waals surface area contributed by atoms with Crippen molar-refractivity contribution in [2.75, 3.05) is 19.0 Å². The largest absolute Gasteiger partial charge is 0.378 e. The fourth-order valence-electron chi connectivity index (χ4n) is 2.32. The highest BCUT2D eigenvalue weighted by Gasteiger charge is 2.11. The molecule has 0 radical (unpaired) electrons. The molecule has 0 aliphatic rings. The molecule has 0 fully saturated rings. The Morgan fingerprint density at radius 3 is 2.23 bits per heavy atom. The summed E-state index contributed by atoms with van der Waals surface area (Å²) in [6.07, 6.45) is 0. The van der Waals surface area contributed by atoms with Gasteiger partial charge in [0.1, 0.15) is 5.69 Å². The van der Waals surface area contributed by atoms with Crippen LogP contribution in [0.1, 0.15) is 0 Å². The van der Waals surface area contributed by atoms with Crippen molar-refractivity contribution in [3.8, 4) is 22.4 Å². The van der Waals surface area contributed by atoms with E-state index < -0.39 is 5.63 Å². The van der Waals surface area contributed by atoms with Crippen molar-refractivity contribution < 1.29 is 4.52 Å². The fraction of sp³-hybridized carbons (Fsp3) is 0.111. The molecule has 0 spiro atoms. The molecule has 0 bridgehead atoms. The van der Waals surface area contributed by atoms with Gasteiger partial charge >= 0.3 is 5.63 Å². The summed E-state index contributed by atoms with van der Waals surface area (Å²) in [5.41, 5.74) is 3.93. The molecule has 110 valence electrons. The predicted molar refractivity (Wildman–Crippen MR) is 88.0 cm³/mol. The molecule has 1 aromatic heterocycles. The summed E-state index contributed by atoms with van der Waals surface area (Å²) in [5.74, 6) is 0. The quantitative estimate of drug-likeness (QED) is 0.742. The Labute approximate surface area is 128 Å². The van der Waals surface area contributed by atoms with Gasteiger partial charge in [-0.1, -0.05) is 47.6 Å². The summed E-state index contributed by atoms with van der Waals surface area (Å²) >= 11 is 0. The van der Waals surface area contributed by atoms with E-state index >= 15 is 0 Å². The minimum atomic E-state index is -0.452. The van der Waals surface area contributed by atoms with E-state index in [1.165, 1.54) is 6.07 Å². The van der Waals surface area contributed by atoms with Crippen LogP contribution < -0.4 is 10.5 Å². The summed E-state index contributed by atoms with van der Waals surface area (Å²) in [4.78, 5) is 13.6. The molecular formula is C18H16N2O2. The van der Waals surface area contributed by atoms with Crippen molar-refractivity contribution in [1.82, 2.24) is 5.16 Å². The number of nitrogens with zero attached hydrogens (tertiary/aromatic N) is 2. The van der Waals surface area contributed by atoms with Crippen molar-refractivity contribution in [3.05, 3.63) is 71.1 Å². The third-order valence-corrected chi connectivity index (χ3v) is 3.49. The molecule has 22 heavy (non-hydrogen) atoms. The molecule has 4 nitrogen and oxygen atoms in total. The lowest BCUT2D eigenvalue weighted by molar-refractivity contribution is 0.374.